The predicted molar refractivity (Wildman–Crippen MR) is 127 cm³/mol. The van der Waals surface area contributed by atoms with Crippen molar-refractivity contribution in [3.05, 3.63) is 59.7 Å². The molecule has 3 aromatic rings. The highest BCUT2D eigenvalue weighted by Crippen LogP contribution is 2.36. The molecule has 3 heterocycles. The molecular weight excluding hydrogens is 422 g/mol. The Balaban J connectivity index is 1.40. The molecule has 1 fully saturated rings. The Hall–Kier alpha value is -2.84. The smallest absolute Gasteiger partial charge is 0.242 e. The maximum Gasteiger partial charge on any atom is 0.242 e. The second kappa shape index (κ2) is 9.34. The minimum absolute atomic E-state index is 0.0513. The Bertz CT molecular complexity index is 1060. The summed E-state index contributed by atoms with van der Waals surface area (Å²) in [4.78, 5) is 17.7. The van der Waals surface area contributed by atoms with Crippen LogP contribution in [0, 0.1) is 0 Å². The van der Waals surface area contributed by atoms with E-state index in [0.29, 0.717) is 19.0 Å². The van der Waals surface area contributed by atoms with Crippen molar-refractivity contribution >= 4 is 35.0 Å². The van der Waals surface area contributed by atoms with Crippen LogP contribution < -0.4 is 9.80 Å². The van der Waals surface area contributed by atoms with Gasteiger partial charge in [-0.25, -0.2) is 0 Å². The van der Waals surface area contributed by atoms with Gasteiger partial charge < -0.3 is 9.64 Å². The van der Waals surface area contributed by atoms with Crippen molar-refractivity contribution in [2.45, 2.75) is 31.5 Å². The second-order valence-electron chi connectivity index (χ2n) is 7.90. The van der Waals surface area contributed by atoms with E-state index in [9.17, 15) is 4.79 Å². The number of amides is 1. The van der Waals surface area contributed by atoms with Crippen molar-refractivity contribution in [2.75, 3.05) is 41.9 Å². The van der Waals surface area contributed by atoms with E-state index in [1.165, 1.54) is 22.9 Å². The molecule has 0 saturated carbocycles. The first-order chi connectivity index (χ1) is 15.8. The van der Waals surface area contributed by atoms with Crippen LogP contribution in [0.4, 0.5) is 17.3 Å². The first kappa shape index (κ1) is 21.0. The van der Waals surface area contributed by atoms with Gasteiger partial charge in [0.25, 0.3) is 0 Å². The fraction of sp³-hybridized carbons (Fsp3) is 0.375. The SMILES string of the molecule is CCn1c(SCC(=O)N2c3ccccc3CCc3ccccc32)nnc1N1CCOCC1. The molecular formula is C24H27N5O2S. The molecule has 0 bridgehead atoms. The number of hydrogen-bond donors (Lipinski definition) is 0. The molecule has 166 valence electrons. The average Bonchev–Trinajstić information content (AvgIpc) is 3.18. The summed E-state index contributed by atoms with van der Waals surface area (Å²) in [5, 5.41) is 9.61. The number of hydrogen-bond acceptors (Lipinski definition) is 6. The molecule has 8 heteroatoms. The van der Waals surface area contributed by atoms with Gasteiger partial charge in [-0.3, -0.25) is 14.3 Å². The maximum absolute atomic E-state index is 13.6. The van der Waals surface area contributed by atoms with Crippen LogP contribution >= 0.6 is 11.8 Å². The zero-order valence-electron chi connectivity index (χ0n) is 18.2. The number of ether oxygens (including phenoxy) is 1. The summed E-state index contributed by atoms with van der Waals surface area (Å²) in [6.07, 6.45) is 1.86. The molecule has 0 aliphatic carbocycles. The molecule has 7 nitrogen and oxygen atoms in total. The summed E-state index contributed by atoms with van der Waals surface area (Å²) >= 11 is 1.45. The Morgan fingerprint density at radius 2 is 1.59 bits per heavy atom. The molecule has 0 radical (unpaired) electrons. The van der Waals surface area contributed by atoms with E-state index in [1.807, 2.05) is 41.3 Å². The maximum atomic E-state index is 13.6. The van der Waals surface area contributed by atoms with Crippen LogP contribution in [-0.2, 0) is 28.9 Å². The Morgan fingerprint density at radius 1 is 0.969 bits per heavy atom. The second-order valence-corrected chi connectivity index (χ2v) is 8.84. The van der Waals surface area contributed by atoms with Crippen molar-refractivity contribution in [1.82, 2.24) is 14.8 Å². The van der Waals surface area contributed by atoms with Crippen molar-refractivity contribution in [3.8, 4) is 0 Å². The zero-order chi connectivity index (χ0) is 21.9. The molecule has 1 saturated heterocycles. The van der Waals surface area contributed by atoms with Gasteiger partial charge in [-0.2, -0.15) is 0 Å². The van der Waals surface area contributed by atoms with Crippen LogP contribution in [0.15, 0.2) is 53.7 Å². The van der Waals surface area contributed by atoms with Gasteiger partial charge in [-0.15, -0.1) is 10.2 Å². The Labute approximate surface area is 192 Å². The number of rotatable bonds is 5. The number of carbonyl (C=O) groups excluding carboxylic acids is 1. The van der Waals surface area contributed by atoms with Crippen LogP contribution in [0.2, 0.25) is 0 Å². The molecule has 2 aromatic carbocycles. The summed E-state index contributed by atoms with van der Waals surface area (Å²) in [5.74, 6) is 1.20. The van der Waals surface area contributed by atoms with Crippen molar-refractivity contribution < 1.29 is 9.53 Å². The van der Waals surface area contributed by atoms with E-state index in [0.717, 1.165) is 55.0 Å². The van der Waals surface area contributed by atoms with E-state index >= 15 is 0 Å². The van der Waals surface area contributed by atoms with Gasteiger partial charge in [0, 0.05) is 19.6 Å². The third kappa shape index (κ3) is 4.00. The quantitative estimate of drug-likeness (QED) is 0.554. The molecule has 32 heavy (non-hydrogen) atoms. The Kier molecular flexibility index (Phi) is 6.14. The molecule has 0 atom stereocenters. The first-order valence-electron chi connectivity index (χ1n) is 11.1. The fourth-order valence-corrected chi connectivity index (χ4v) is 5.25. The van der Waals surface area contributed by atoms with Gasteiger partial charge in [0.15, 0.2) is 5.16 Å². The van der Waals surface area contributed by atoms with Crippen LogP contribution in [-0.4, -0.2) is 52.7 Å². The van der Waals surface area contributed by atoms with Crippen LogP contribution in [0.1, 0.15) is 18.1 Å². The van der Waals surface area contributed by atoms with E-state index in [4.69, 9.17) is 4.74 Å². The summed E-state index contributed by atoms with van der Waals surface area (Å²) in [6, 6.07) is 16.4. The first-order valence-corrected chi connectivity index (χ1v) is 12.1. The third-order valence-electron chi connectivity index (χ3n) is 6.01. The molecule has 1 amide bonds. The van der Waals surface area contributed by atoms with E-state index < -0.39 is 0 Å². The largest absolute Gasteiger partial charge is 0.378 e. The van der Waals surface area contributed by atoms with Crippen LogP contribution in [0.3, 0.4) is 0 Å². The topological polar surface area (TPSA) is 63.5 Å². The van der Waals surface area contributed by atoms with Crippen molar-refractivity contribution in [1.29, 1.82) is 0 Å². The van der Waals surface area contributed by atoms with E-state index in [1.54, 1.807) is 0 Å². The highest BCUT2D eigenvalue weighted by molar-refractivity contribution is 7.99. The van der Waals surface area contributed by atoms with E-state index in [-0.39, 0.29) is 5.91 Å². The van der Waals surface area contributed by atoms with E-state index in [2.05, 4.69) is 38.7 Å². The molecule has 5 rings (SSSR count). The number of nitrogens with zero attached hydrogens (tertiary/aromatic N) is 5. The summed E-state index contributed by atoms with van der Waals surface area (Å²) in [7, 11) is 0. The lowest BCUT2D eigenvalue weighted by Gasteiger charge is -2.27. The highest BCUT2D eigenvalue weighted by Gasteiger charge is 2.27. The number of thioether (sulfide) groups is 1. The summed E-state index contributed by atoms with van der Waals surface area (Å²) in [5.41, 5.74) is 4.37. The standard InChI is InChI=1S/C24H27N5O2S/c1-2-28-23(27-13-15-31-16-14-27)25-26-24(28)32-17-22(30)29-20-9-5-3-7-18(20)11-12-19-8-4-6-10-21(19)29/h3-10H,2,11-17H2,1H3. The van der Waals surface area contributed by atoms with Gasteiger partial charge >= 0.3 is 0 Å². The number of anilines is 3. The summed E-state index contributed by atoms with van der Waals surface area (Å²) in [6.45, 7) is 5.86. The predicted octanol–water partition coefficient (Wildman–Crippen LogP) is 3.69. The lowest BCUT2D eigenvalue weighted by molar-refractivity contribution is -0.115. The lowest BCUT2D eigenvalue weighted by Crippen LogP contribution is -2.38. The highest BCUT2D eigenvalue weighted by atomic mass is 32.2. The van der Waals surface area contributed by atoms with Crippen LogP contribution in [0.5, 0.6) is 0 Å². The van der Waals surface area contributed by atoms with Crippen molar-refractivity contribution in [3.63, 3.8) is 0 Å². The fourth-order valence-electron chi connectivity index (χ4n) is 4.40. The minimum Gasteiger partial charge on any atom is -0.378 e. The monoisotopic (exact) mass is 449 g/mol. The summed E-state index contributed by atoms with van der Waals surface area (Å²) < 4.78 is 7.55. The number of aromatic nitrogens is 3. The zero-order valence-corrected chi connectivity index (χ0v) is 19.1. The van der Waals surface area contributed by atoms with Gasteiger partial charge in [0.2, 0.25) is 11.9 Å². The normalized spacial score (nSPS) is 15.8. The van der Waals surface area contributed by atoms with Crippen molar-refractivity contribution in [2.24, 2.45) is 0 Å². The number of morpholine rings is 1. The average molecular weight is 450 g/mol. The van der Waals surface area contributed by atoms with Gasteiger partial charge in [-0.05, 0) is 43.0 Å². The molecule has 1 aromatic heterocycles. The third-order valence-corrected chi connectivity index (χ3v) is 6.96. The number of fused-ring (bicyclic) bond motifs is 2. The lowest BCUT2D eigenvalue weighted by atomic mass is 10.0. The number of benzene rings is 2. The molecule has 0 spiro atoms. The number of carbonyl (C=O) groups is 1. The van der Waals surface area contributed by atoms with Gasteiger partial charge in [0.1, 0.15) is 0 Å². The molecule has 2 aliphatic rings. The molecule has 0 N–H and O–H groups in total. The number of para-hydroxylation sites is 2. The Morgan fingerprint density at radius 3 is 2.22 bits per heavy atom. The minimum atomic E-state index is 0.0513. The van der Waals surface area contributed by atoms with Gasteiger partial charge in [0.05, 0.1) is 30.3 Å². The molecule has 2 aliphatic heterocycles. The number of aryl methyl sites for hydroxylation is 2. The van der Waals surface area contributed by atoms with Gasteiger partial charge in [-0.1, -0.05) is 48.2 Å². The van der Waals surface area contributed by atoms with Crippen LogP contribution in [0.25, 0.3) is 0 Å². The molecule has 0 unspecified atom stereocenters.